The van der Waals surface area contributed by atoms with Crippen LogP contribution in [0.2, 0.25) is 0 Å². The molecule has 0 aliphatic rings. The van der Waals surface area contributed by atoms with Crippen molar-refractivity contribution < 1.29 is 9.90 Å². The average Bonchev–Trinajstić information content (AvgIpc) is 2.63. The highest BCUT2D eigenvalue weighted by Gasteiger charge is 2.21. The van der Waals surface area contributed by atoms with Gasteiger partial charge in [-0.15, -0.1) is 11.3 Å². The number of hydrogen-bond acceptors (Lipinski definition) is 5. The highest BCUT2D eigenvalue weighted by atomic mass is 32.1. The van der Waals surface area contributed by atoms with Crippen molar-refractivity contribution in [3.8, 4) is 0 Å². The molecule has 1 aromatic heterocycles. The number of rotatable bonds is 6. The second kappa shape index (κ2) is 5.46. The minimum Gasteiger partial charge on any atom is -0.480 e. The Hall–Kier alpha value is -1.14. The lowest BCUT2D eigenvalue weighted by atomic mass is 10.00. The molecule has 17 heavy (non-hydrogen) atoms. The summed E-state index contributed by atoms with van der Waals surface area (Å²) in [6, 6.07) is -1.05. The zero-order valence-corrected chi connectivity index (χ0v) is 11.2. The summed E-state index contributed by atoms with van der Waals surface area (Å²) in [5, 5.41) is 14.5. The van der Waals surface area contributed by atoms with Crippen molar-refractivity contribution in [1.82, 2.24) is 4.98 Å². The smallest absolute Gasteiger partial charge is 0.326 e. The number of aliphatic carboxylic acids is 1. The maximum Gasteiger partial charge on any atom is 0.326 e. The molecule has 6 heteroatoms. The van der Waals surface area contributed by atoms with Crippen molar-refractivity contribution in [3.05, 3.63) is 11.1 Å². The molecule has 0 bridgehead atoms. The summed E-state index contributed by atoms with van der Waals surface area (Å²) in [6.45, 7) is 6.31. The third-order valence-corrected chi connectivity index (χ3v) is 3.20. The summed E-state index contributed by atoms with van der Waals surface area (Å²) in [7, 11) is 0. The van der Waals surface area contributed by atoms with Crippen molar-refractivity contribution in [2.75, 3.05) is 5.32 Å². The topological polar surface area (TPSA) is 88.2 Å². The maximum absolute atomic E-state index is 10.7. The van der Waals surface area contributed by atoms with Gasteiger partial charge in [0, 0.05) is 10.9 Å². The first-order valence-corrected chi connectivity index (χ1v) is 6.45. The summed E-state index contributed by atoms with van der Waals surface area (Å²) >= 11 is 1.38. The standard InChI is InChI=1S/C11H19N3O2S/c1-4-5-11(2,3)14-10-13-7(6-17-10)8(12)9(15)16/h6,8H,4-5,12H2,1-3H3,(H,13,14)(H,15,16). The number of carbonyl (C=O) groups is 1. The number of nitrogens with two attached hydrogens (primary N) is 1. The molecule has 0 saturated heterocycles. The lowest BCUT2D eigenvalue weighted by molar-refractivity contribution is -0.138. The third kappa shape index (κ3) is 3.98. The van der Waals surface area contributed by atoms with Crippen molar-refractivity contribution in [2.24, 2.45) is 5.73 Å². The number of anilines is 1. The molecule has 1 heterocycles. The Kier molecular flexibility index (Phi) is 4.47. The van der Waals surface area contributed by atoms with E-state index < -0.39 is 12.0 Å². The Morgan fingerprint density at radius 3 is 2.88 bits per heavy atom. The largest absolute Gasteiger partial charge is 0.480 e. The molecule has 0 spiro atoms. The molecule has 1 rings (SSSR count). The number of thiazole rings is 1. The molecule has 1 unspecified atom stereocenters. The van der Waals surface area contributed by atoms with Crippen molar-refractivity contribution in [3.63, 3.8) is 0 Å². The number of nitrogens with one attached hydrogen (secondary N) is 1. The van der Waals surface area contributed by atoms with E-state index in [9.17, 15) is 4.79 Å². The van der Waals surface area contributed by atoms with E-state index in [2.05, 4.69) is 31.1 Å². The first kappa shape index (κ1) is 13.9. The number of hydrogen-bond donors (Lipinski definition) is 3. The van der Waals surface area contributed by atoms with Crippen LogP contribution in [0.3, 0.4) is 0 Å². The van der Waals surface area contributed by atoms with Gasteiger partial charge in [-0.05, 0) is 20.3 Å². The lowest BCUT2D eigenvalue weighted by Gasteiger charge is -2.25. The summed E-state index contributed by atoms with van der Waals surface area (Å²) in [4.78, 5) is 14.9. The van der Waals surface area contributed by atoms with Crippen LogP contribution < -0.4 is 11.1 Å². The van der Waals surface area contributed by atoms with E-state index in [-0.39, 0.29) is 5.54 Å². The highest BCUT2D eigenvalue weighted by molar-refractivity contribution is 7.13. The van der Waals surface area contributed by atoms with Crippen molar-refractivity contribution >= 4 is 22.4 Å². The van der Waals surface area contributed by atoms with E-state index in [4.69, 9.17) is 10.8 Å². The molecule has 0 aliphatic carbocycles. The summed E-state index contributed by atoms with van der Waals surface area (Å²) < 4.78 is 0. The molecule has 4 N–H and O–H groups in total. The van der Waals surface area contributed by atoms with Gasteiger partial charge in [0.25, 0.3) is 0 Å². The van der Waals surface area contributed by atoms with Gasteiger partial charge in [0.2, 0.25) is 0 Å². The fourth-order valence-corrected chi connectivity index (χ4v) is 2.51. The number of aromatic nitrogens is 1. The Morgan fingerprint density at radius 1 is 1.71 bits per heavy atom. The van der Waals surface area contributed by atoms with Crippen molar-refractivity contribution in [2.45, 2.75) is 45.2 Å². The Morgan fingerprint density at radius 2 is 2.35 bits per heavy atom. The normalized spacial score (nSPS) is 13.4. The Balaban J connectivity index is 2.72. The molecule has 5 nitrogen and oxygen atoms in total. The lowest BCUT2D eigenvalue weighted by Crippen LogP contribution is -2.30. The van der Waals surface area contributed by atoms with Crippen LogP contribution >= 0.6 is 11.3 Å². The minimum atomic E-state index is -1.06. The van der Waals surface area contributed by atoms with Crippen LogP contribution in [0.15, 0.2) is 5.38 Å². The fourth-order valence-electron chi connectivity index (χ4n) is 1.59. The highest BCUT2D eigenvalue weighted by Crippen LogP contribution is 2.24. The van der Waals surface area contributed by atoms with E-state index in [1.54, 1.807) is 5.38 Å². The van der Waals surface area contributed by atoms with Gasteiger partial charge in [0.05, 0.1) is 5.69 Å². The molecule has 0 aliphatic heterocycles. The quantitative estimate of drug-likeness (QED) is 0.727. The Bertz CT molecular complexity index is 390. The summed E-state index contributed by atoms with van der Waals surface area (Å²) in [6.07, 6.45) is 2.10. The van der Waals surface area contributed by atoms with Gasteiger partial charge in [-0.1, -0.05) is 13.3 Å². The molecule has 0 fully saturated rings. The molecule has 96 valence electrons. The molecule has 0 amide bonds. The second-order valence-corrected chi connectivity index (χ2v) is 5.51. The van der Waals surface area contributed by atoms with E-state index >= 15 is 0 Å². The molecule has 1 atom stereocenters. The zero-order valence-electron chi connectivity index (χ0n) is 10.4. The van der Waals surface area contributed by atoms with Gasteiger partial charge in [0.1, 0.15) is 6.04 Å². The third-order valence-electron chi connectivity index (χ3n) is 2.43. The van der Waals surface area contributed by atoms with E-state index in [0.29, 0.717) is 5.69 Å². The van der Waals surface area contributed by atoms with E-state index in [1.165, 1.54) is 11.3 Å². The van der Waals surface area contributed by atoms with Gasteiger partial charge >= 0.3 is 5.97 Å². The minimum absolute atomic E-state index is 0.0445. The van der Waals surface area contributed by atoms with E-state index in [0.717, 1.165) is 18.0 Å². The van der Waals surface area contributed by atoms with Crippen LogP contribution in [-0.4, -0.2) is 21.6 Å². The van der Waals surface area contributed by atoms with Gasteiger partial charge in [-0.25, -0.2) is 4.98 Å². The number of carboxylic acids is 1. The monoisotopic (exact) mass is 257 g/mol. The summed E-state index contributed by atoms with van der Waals surface area (Å²) in [5.41, 5.74) is 5.85. The zero-order chi connectivity index (χ0) is 13.1. The van der Waals surface area contributed by atoms with Gasteiger partial charge in [-0.3, -0.25) is 4.79 Å². The van der Waals surface area contributed by atoms with Crippen molar-refractivity contribution in [1.29, 1.82) is 0 Å². The SMILES string of the molecule is CCCC(C)(C)Nc1nc(C(N)C(=O)O)cs1. The van der Waals surface area contributed by atoms with Crippen LogP contribution in [0.5, 0.6) is 0 Å². The van der Waals surface area contributed by atoms with Crippen LogP contribution in [0.25, 0.3) is 0 Å². The molecular weight excluding hydrogens is 238 g/mol. The van der Waals surface area contributed by atoms with Crippen LogP contribution in [0.4, 0.5) is 5.13 Å². The summed E-state index contributed by atoms with van der Waals surface area (Å²) in [5.74, 6) is -1.06. The molecule has 1 aromatic rings. The van der Waals surface area contributed by atoms with Crippen LogP contribution in [0, 0.1) is 0 Å². The van der Waals surface area contributed by atoms with Crippen LogP contribution in [-0.2, 0) is 4.79 Å². The van der Waals surface area contributed by atoms with Gasteiger partial charge in [0.15, 0.2) is 5.13 Å². The predicted molar refractivity (Wildman–Crippen MR) is 69.3 cm³/mol. The number of carboxylic acid groups (broad SMARTS) is 1. The molecular formula is C11H19N3O2S. The van der Waals surface area contributed by atoms with Crippen LogP contribution in [0.1, 0.15) is 45.3 Å². The van der Waals surface area contributed by atoms with E-state index in [1.807, 2.05) is 0 Å². The maximum atomic E-state index is 10.7. The first-order chi connectivity index (χ1) is 7.85. The number of nitrogens with zero attached hydrogens (tertiary/aromatic N) is 1. The molecule has 0 radical (unpaired) electrons. The molecule has 0 saturated carbocycles. The fraction of sp³-hybridized carbons (Fsp3) is 0.636. The van der Waals surface area contributed by atoms with Gasteiger partial charge < -0.3 is 16.2 Å². The first-order valence-electron chi connectivity index (χ1n) is 5.57. The second-order valence-electron chi connectivity index (χ2n) is 4.65. The Labute approximate surface area is 105 Å². The average molecular weight is 257 g/mol. The predicted octanol–water partition coefficient (Wildman–Crippen LogP) is 2.22. The van der Waals surface area contributed by atoms with Gasteiger partial charge in [-0.2, -0.15) is 0 Å². The molecule has 0 aromatic carbocycles.